The number of amides is 3. The van der Waals surface area contributed by atoms with Crippen molar-refractivity contribution < 1.29 is 24.2 Å². The third kappa shape index (κ3) is 3.67. The molecule has 1 N–H and O–H groups in total. The Labute approximate surface area is 228 Å². The number of ether oxygens (including phenoxy) is 1. The molecule has 1 aromatic carbocycles. The molecular weight excluding hydrogens is 506 g/mol. The van der Waals surface area contributed by atoms with Gasteiger partial charge in [-0.25, -0.2) is 0 Å². The lowest BCUT2D eigenvalue weighted by Crippen LogP contribution is -2.60. The zero-order chi connectivity index (χ0) is 27.6. The lowest BCUT2D eigenvalue weighted by molar-refractivity contribution is -0.152. The molecule has 0 radical (unpaired) electrons. The van der Waals surface area contributed by atoms with E-state index >= 15 is 0 Å². The van der Waals surface area contributed by atoms with Crippen molar-refractivity contribution in [3.8, 4) is 0 Å². The number of para-hydroxylation sites is 1. The maximum absolute atomic E-state index is 14.6. The molecule has 38 heavy (non-hydrogen) atoms. The van der Waals surface area contributed by atoms with Crippen LogP contribution in [-0.2, 0) is 19.1 Å². The predicted octanol–water partition coefficient (Wildman–Crippen LogP) is 2.96. The van der Waals surface area contributed by atoms with Gasteiger partial charge in [0.05, 0.1) is 40.8 Å². The first kappa shape index (κ1) is 26.9. The number of halogens is 1. The van der Waals surface area contributed by atoms with E-state index in [0.717, 1.165) is 5.56 Å². The minimum absolute atomic E-state index is 0.0888. The summed E-state index contributed by atoms with van der Waals surface area (Å²) in [7, 11) is 1.71. The first-order chi connectivity index (χ1) is 18.0. The van der Waals surface area contributed by atoms with Gasteiger partial charge in [0.25, 0.3) is 5.91 Å². The fourth-order valence-electron chi connectivity index (χ4n) is 6.92. The summed E-state index contributed by atoms with van der Waals surface area (Å²) < 4.78 is 6.83. The minimum Gasteiger partial charge on any atom is -0.394 e. The van der Waals surface area contributed by atoms with Crippen LogP contribution in [0.4, 0.5) is 5.69 Å². The van der Waals surface area contributed by atoms with E-state index in [1.807, 2.05) is 64.1 Å². The van der Waals surface area contributed by atoms with E-state index in [1.165, 1.54) is 4.90 Å². The summed E-state index contributed by atoms with van der Waals surface area (Å²) in [6.07, 6.45) is 8.09. The van der Waals surface area contributed by atoms with Crippen molar-refractivity contribution in [2.24, 2.45) is 17.8 Å². The smallest absolute Gasteiger partial charge is 0.253 e. The zero-order valence-corrected chi connectivity index (χ0v) is 23.3. The second kappa shape index (κ2) is 9.50. The number of carbonyl (C=O) groups excluding carboxylic acids is 3. The second-order valence-corrected chi connectivity index (χ2v) is 11.7. The van der Waals surface area contributed by atoms with Crippen LogP contribution in [0.1, 0.15) is 32.8 Å². The van der Waals surface area contributed by atoms with E-state index < -0.39 is 35.1 Å². The fourth-order valence-corrected chi connectivity index (χ4v) is 7.24. The highest BCUT2D eigenvalue weighted by molar-refractivity contribution is 6.34. The van der Waals surface area contributed by atoms with Gasteiger partial charge in [0.2, 0.25) is 11.8 Å². The Hall–Kier alpha value is -2.68. The summed E-state index contributed by atoms with van der Waals surface area (Å²) in [6, 6.07) is 3.77. The average Bonchev–Trinajstić information content (AvgIpc) is 3.15. The molecule has 2 fully saturated rings. The van der Waals surface area contributed by atoms with Gasteiger partial charge in [0, 0.05) is 20.1 Å². The number of carbonyl (C=O) groups is 3. The number of aliphatic hydroxyl groups is 1. The van der Waals surface area contributed by atoms with Gasteiger partial charge >= 0.3 is 0 Å². The van der Waals surface area contributed by atoms with Crippen molar-refractivity contribution in [2.75, 3.05) is 31.6 Å². The molecule has 1 spiro atoms. The van der Waals surface area contributed by atoms with Gasteiger partial charge in [0.1, 0.15) is 11.6 Å². The van der Waals surface area contributed by atoms with Gasteiger partial charge < -0.3 is 24.5 Å². The van der Waals surface area contributed by atoms with Crippen molar-refractivity contribution >= 4 is 35.0 Å². The van der Waals surface area contributed by atoms with Gasteiger partial charge in [-0.3, -0.25) is 14.4 Å². The Morgan fingerprint density at radius 3 is 2.47 bits per heavy atom. The first-order valence-electron chi connectivity index (χ1n) is 13.3. The van der Waals surface area contributed by atoms with Crippen LogP contribution in [0, 0.1) is 24.7 Å². The van der Waals surface area contributed by atoms with E-state index in [-0.39, 0.29) is 36.8 Å². The Balaban J connectivity index is 1.72. The Morgan fingerprint density at radius 1 is 1.11 bits per heavy atom. The van der Waals surface area contributed by atoms with Gasteiger partial charge in [-0.05, 0) is 31.4 Å². The van der Waals surface area contributed by atoms with Crippen molar-refractivity contribution in [3.63, 3.8) is 0 Å². The molecule has 9 heteroatoms. The molecule has 0 aromatic heterocycles. The van der Waals surface area contributed by atoms with E-state index in [1.54, 1.807) is 22.9 Å². The number of nitrogens with zero attached hydrogens (tertiary/aromatic N) is 3. The van der Waals surface area contributed by atoms with E-state index in [0.29, 0.717) is 23.7 Å². The summed E-state index contributed by atoms with van der Waals surface area (Å²) >= 11 is 6.61. The van der Waals surface area contributed by atoms with Crippen LogP contribution in [0.5, 0.6) is 0 Å². The number of likely N-dealkylation sites (tertiary alicyclic amines) is 1. The summed E-state index contributed by atoms with van der Waals surface area (Å²) in [6.45, 7) is 8.00. The lowest BCUT2D eigenvalue weighted by Gasteiger charge is -2.41. The van der Waals surface area contributed by atoms with Crippen LogP contribution >= 0.6 is 11.6 Å². The minimum atomic E-state index is -1.38. The molecule has 4 heterocycles. The molecule has 0 aliphatic carbocycles. The molecular formula is C29H36ClN3O5. The largest absolute Gasteiger partial charge is 0.394 e. The summed E-state index contributed by atoms with van der Waals surface area (Å²) in [5, 5.41) is 11.0. The quantitative estimate of drug-likeness (QED) is 0.579. The highest BCUT2D eigenvalue weighted by Gasteiger charge is 2.75. The topological polar surface area (TPSA) is 90.4 Å². The van der Waals surface area contributed by atoms with Crippen LogP contribution in [0.25, 0.3) is 0 Å². The Morgan fingerprint density at radius 2 is 1.82 bits per heavy atom. The third-order valence-electron chi connectivity index (χ3n) is 9.00. The average molecular weight is 542 g/mol. The van der Waals surface area contributed by atoms with Crippen LogP contribution < -0.4 is 4.90 Å². The number of hydrogen-bond acceptors (Lipinski definition) is 5. The molecule has 3 amide bonds. The van der Waals surface area contributed by atoms with Crippen LogP contribution in [-0.4, -0.2) is 82.7 Å². The van der Waals surface area contributed by atoms with E-state index in [4.69, 9.17) is 16.3 Å². The molecule has 4 aliphatic heterocycles. The summed E-state index contributed by atoms with van der Waals surface area (Å²) in [5.74, 6) is -2.69. The molecule has 1 unspecified atom stereocenters. The molecule has 0 bridgehead atoms. The zero-order valence-electron chi connectivity index (χ0n) is 22.6. The SMILES string of the molecule is CC[C@H](C)[C@H](CO)N1C(=O)[C@@H]2[C@@H]3C(=O)N(C)CC=C[C@]3(C)O[C@@]23C=CCN(c2c(C)cccc2Cl)C(=O)C13. The summed E-state index contributed by atoms with van der Waals surface area (Å²) in [4.78, 5) is 47.6. The van der Waals surface area contributed by atoms with Crippen molar-refractivity contribution in [1.82, 2.24) is 9.80 Å². The highest BCUT2D eigenvalue weighted by atomic mass is 35.5. The van der Waals surface area contributed by atoms with Crippen molar-refractivity contribution in [3.05, 3.63) is 53.1 Å². The number of hydrogen-bond donors (Lipinski definition) is 1. The molecule has 7 atom stereocenters. The predicted molar refractivity (Wildman–Crippen MR) is 145 cm³/mol. The number of anilines is 1. The fraction of sp³-hybridized carbons (Fsp3) is 0.552. The number of rotatable bonds is 5. The number of aryl methyl sites for hydroxylation is 1. The monoisotopic (exact) mass is 541 g/mol. The first-order valence-corrected chi connectivity index (χ1v) is 13.7. The second-order valence-electron chi connectivity index (χ2n) is 11.3. The number of fused-ring (bicyclic) bond motifs is 2. The van der Waals surface area contributed by atoms with Crippen molar-refractivity contribution in [1.29, 1.82) is 0 Å². The van der Waals surface area contributed by atoms with E-state index in [2.05, 4.69) is 0 Å². The highest BCUT2D eigenvalue weighted by Crippen LogP contribution is 2.58. The Bertz CT molecular complexity index is 1210. The molecule has 8 nitrogen and oxygen atoms in total. The standard InChI is InChI=1S/C29H36ClN3O5/c1-6-17(2)20(16-34)33-24-27(37)32(23-18(3)10-7-11-19(23)30)15-9-13-29(24)22(26(33)36)21-25(35)31(5)14-8-12-28(21,4)38-29/h7-13,17,20-22,24,34H,6,14-16H2,1-5H3/t17-,20-,21+,22-,24?,28-,29-/m0/s1. The van der Waals surface area contributed by atoms with Gasteiger partial charge in [-0.2, -0.15) is 0 Å². The molecule has 4 aliphatic rings. The number of likely N-dealkylation sites (N-methyl/N-ethyl adjacent to an activating group) is 1. The van der Waals surface area contributed by atoms with Crippen LogP contribution in [0.2, 0.25) is 5.02 Å². The van der Waals surface area contributed by atoms with Gasteiger partial charge in [-0.15, -0.1) is 0 Å². The Kier molecular flexibility index (Phi) is 6.73. The number of benzene rings is 1. The molecule has 2 saturated heterocycles. The molecule has 204 valence electrons. The van der Waals surface area contributed by atoms with E-state index in [9.17, 15) is 19.5 Å². The van der Waals surface area contributed by atoms with Crippen LogP contribution in [0.15, 0.2) is 42.5 Å². The van der Waals surface area contributed by atoms with Crippen LogP contribution in [0.3, 0.4) is 0 Å². The number of aliphatic hydroxyl groups excluding tert-OH is 1. The maximum Gasteiger partial charge on any atom is 0.253 e. The molecule has 0 saturated carbocycles. The van der Waals surface area contributed by atoms with Crippen molar-refractivity contribution in [2.45, 2.75) is 57.4 Å². The third-order valence-corrected chi connectivity index (χ3v) is 9.30. The molecule has 5 rings (SSSR count). The normalized spacial score (nSPS) is 34.1. The van der Waals surface area contributed by atoms with Gasteiger partial charge in [0.15, 0.2) is 0 Å². The molecule has 1 aromatic rings. The van der Waals surface area contributed by atoms with Gasteiger partial charge in [-0.1, -0.05) is 68.3 Å². The maximum atomic E-state index is 14.6. The summed E-state index contributed by atoms with van der Waals surface area (Å²) in [5.41, 5.74) is -1.05. The lowest BCUT2D eigenvalue weighted by atomic mass is 9.74.